The van der Waals surface area contributed by atoms with Crippen LogP contribution in [0.25, 0.3) is 0 Å². The fourth-order valence-electron chi connectivity index (χ4n) is 2.57. The number of hydrogen-bond acceptors (Lipinski definition) is 4. The second kappa shape index (κ2) is 6.34. The maximum absolute atomic E-state index is 12.5. The van der Waals surface area contributed by atoms with Crippen molar-refractivity contribution in [1.82, 2.24) is 9.80 Å². The summed E-state index contributed by atoms with van der Waals surface area (Å²) in [5.74, 6) is 0.00547. The van der Waals surface area contributed by atoms with Gasteiger partial charge in [-0.05, 0) is 32.0 Å². The highest BCUT2D eigenvalue weighted by atomic mass is 79.9. The SMILES string of the molecule is CC(C)(O)CN1CCN(C(=O)c2cc(N)cc(Br)c2)CC1. The number of piperazine rings is 1. The lowest BCUT2D eigenvalue weighted by Gasteiger charge is -2.37. The third-order valence-corrected chi connectivity index (χ3v) is 3.89. The van der Waals surface area contributed by atoms with E-state index in [0.29, 0.717) is 30.9 Å². The molecule has 1 aromatic rings. The summed E-state index contributed by atoms with van der Waals surface area (Å²) in [4.78, 5) is 16.5. The number of hydrogen-bond donors (Lipinski definition) is 2. The molecule has 0 bridgehead atoms. The van der Waals surface area contributed by atoms with Crippen LogP contribution in [-0.4, -0.2) is 59.1 Å². The minimum Gasteiger partial charge on any atom is -0.399 e. The van der Waals surface area contributed by atoms with Crippen molar-refractivity contribution in [2.45, 2.75) is 19.4 Å². The van der Waals surface area contributed by atoms with E-state index < -0.39 is 5.60 Å². The van der Waals surface area contributed by atoms with Gasteiger partial charge in [-0.3, -0.25) is 9.69 Å². The number of anilines is 1. The van der Waals surface area contributed by atoms with Crippen LogP contribution in [0.4, 0.5) is 5.69 Å². The monoisotopic (exact) mass is 355 g/mol. The third kappa shape index (κ3) is 4.69. The molecule has 0 radical (unpaired) electrons. The van der Waals surface area contributed by atoms with Crippen molar-refractivity contribution >= 4 is 27.5 Å². The Labute approximate surface area is 133 Å². The zero-order valence-electron chi connectivity index (χ0n) is 12.5. The molecular weight excluding hydrogens is 334 g/mol. The average molecular weight is 356 g/mol. The summed E-state index contributed by atoms with van der Waals surface area (Å²) in [5.41, 5.74) is 6.26. The molecule has 1 aliphatic heterocycles. The van der Waals surface area contributed by atoms with Gasteiger partial charge < -0.3 is 15.7 Å². The Bertz CT molecular complexity index is 500. The van der Waals surface area contributed by atoms with Crippen LogP contribution < -0.4 is 5.73 Å². The van der Waals surface area contributed by atoms with E-state index >= 15 is 0 Å². The van der Waals surface area contributed by atoms with Crippen LogP contribution in [0, 0.1) is 0 Å². The number of carbonyl (C=O) groups excluding carboxylic acids is 1. The number of nitrogen functional groups attached to an aromatic ring is 1. The predicted molar refractivity (Wildman–Crippen MR) is 87.2 cm³/mol. The Kier molecular flexibility index (Phi) is 4.91. The number of carbonyl (C=O) groups is 1. The van der Waals surface area contributed by atoms with Crippen molar-refractivity contribution in [2.75, 3.05) is 38.5 Å². The van der Waals surface area contributed by atoms with Gasteiger partial charge in [0.25, 0.3) is 5.91 Å². The molecule has 6 heteroatoms. The first kappa shape index (κ1) is 16.3. The molecule has 1 amide bonds. The van der Waals surface area contributed by atoms with Crippen LogP contribution in [0.2, 0.25) is 0 Å². The fraction of sp³-hybridized carbons (Fsp3) is 0.533. The molecule has 0 spiro atoms. The maximum Gasteiger partial charge on any atom is 0.254 e. The molecular formula is C15H22BrN3O2. The lowest BCUT2D eigenvalue weighted by Crippen LogP contribution is -2.52. The second-order valence-electron chi connectivity index (χ2n) is 6.15. The topological polar surface area (TPSA) is 69.8 Å². The number of aliphatic hydroxyl groups is 1. The van der Waals surface area contributed by atoms with E-state index in [1.165, 1.54) is 0 Å². The largest absolute Gasteiger partial charge is 0.399 e. The Hall–Kier alpha value is -1.11. The van der Waals surface area contributed by atoms with Crippen molar-refractivity contribution in [3.8, 4) is 0 Å². The first-order chi connectivity index (χ1) is 9.74. The van der Waals surface area contributed by atoms with Gasteiger partial charge in [0.15, 0.2) is 0 Å². The Morgan fingerprint density at radius 3 is 2.43 bits per heavy atom. The van der Waals surface area contributed by atoms with Crippen molar-refractivity contribution in [2.24, 2.45) is 0 Å². The molecule has 1 aromatic carbocycles. The van der Waals surface area contributed by atoms with Gasteiger partial charge in [-0.1, -0.05) is 15.9 Å². The van der Waals surface area contributed by atoms with Crippen LogP contribution in [0.1, 0.15) is 24.2 Å². The smallest absolute Gasteiger partial charge is 0.254 e. The fourth-order valence-corrected chi connectivity index (χ4v) is 3.09. The van der Waals surface area contributed by atoms with E-state index in [9.17, 15) is 9.90 Å². The van der Waals surface area contributed by atoms with Crippen molar-refractivity contribution < 1.29 is 9.90 Å². The molecule has 0 atom stereocenters. The Morgan fingerprint density at radius 2 is 1.90 bits per heavy atom. The highest BCUT2D eigenvalue weighted by molar-refractivity contribution is 9.10. The zero-order chi connectivity index (χ0) is 15.6. The molecule has 2 rings (SSSR count). The third-order valence-electron chi connectivity index (χ3n) is 3.44. The molecule has 21 heavy (non-hydrogen) atoms. The molecule has 0 aliphatic carbocycles. The molecule has 0 aromatic heterocycles. The molecule has 0 saturated carbocycles. The quantitative estimate of drug-likeness (QED) is 0.807. The van der Waals surface area contributed by atoms with Gasteiger partial charge in [-0.25, -0.2) is 0 Å². The number of halogens is 1. The second-order valence-corrected chi connectivity index (χ2v) is 7.07. The lowest BCUT2D eigenvalue weighted by molar-refractivity contribution is 0.0178. The standard InChI is InChI=1S/C15H22BrN3O2/c1-15(2,21)10-18-3-5-19(6-4-18)14(20)11-7-12(16)9-13(17)8-11/h7-9,21H,3-6,10,17H2,1-2H3. The number of nitrogens with two attached hydrogens (primary N) is 1. The number of benzene rings is 1. The average Bonchev–Trinajstić information content (AvgIpc) is 2.35. The van der Waals surface area contributed by atoms with Crippen LogP contribution in [0.3, 0.4) is 0 Å². The molecule has 3 N–H and O–H groups in total. The van der Waals surface area contributed by atoms with Crippen molar-refractivity contribution in [3.05, 3.63) is 28.2 Å². The summed E-state index contributed by atoms with van der Waals surface area (Å²) < 4.78 is 0.812. The van der Waals surface area contributed by atoms with Gasteiger partial charge in [0, 0.05) is 48.4 Å². The van der Waals surface area contributed by atoms with Gasteiger partial charge in [0.1, 0.15) is 0 Å². The van der Waals surface area contributed by atoms with E-state index in [0.717, 1.165) is 17.6 Å². The normalized spacial score (nSPS) is 17.0. The minimum absolute atomic E-state index is 0.00547. The molecule has 1 fully saturated rings. The van der Waals surface area contributed by atoms with E-state index in [-0.39, 0.29) is 5.91 Å². The van der Waals surface area contributed by atoms with Crippen molar-refractivity contribution in [3.63, 3.8) is 0 Å². The van der Waals surface area contributed by atoms with E-state index in [1.54, 1.807) is 32.0 Å². The predicted octanol–water partition coefficient (Wildman–Crippen LogP) is 1.56. The lowest BCUT2D eigenvalue weighted by atomic mass is 10.1. The van der Waals surface area contributed by atoms with Crippen LogP contribution in [0.15, 0.2) is 22.7 Å². The zero-order valence-corrected chi connectivity index (χ0v) is 14.1. The summed E-state index contributed by atoms with van der Waals surface area (Å²) in [5, 5.41) is 9.84. The summed E-state index contributed by atoms with van der Waals surface area (Å²) in [6.07, 6.45) is 0. The van der Waals surface area contributed by atoms with Gasteiger partial charge in [0.2, 0.25) is 0 Å². The Balaban J connectivity index is 1.97. The van der Waals surface area contributed by atoms with Gasteiger partial charge in [-0.2, -0.15) is 0 Å². The van der Waals surface area contributed by atoms with Crippen LogP contribution in [0.5, 0.6) is 0 Å². The number of amides is 1. The molecule has 5 nitrogen and oxygen atoms in total. The first-order valence-corrected chi connectivity index (χ1v) is 7.84. The first-order valence-electron chi connectivity index (χ1n) is 7.05. The summed E-state index contributed by atoms with van der Waals surface area (Å²) in [6.45, 7) is 7.11. The number of rotatable bonds is 3. The molecule has 1 heterocycles. The van der Waals surface area contributed by atoms with Crippen molar-refractivity contribution in [1.29, 1.82) is 0 Å². The highest BCUT2D eigenvalue weighted by Crippen LogP contribution is 2.19. The van der Waals surface area contributed by atoms with Gasteiger partial charge in [0.05, 0.1) is 5.60 Å². The van der Waals surface area contributed by atoms with Gasteiger partial charge in [-0.15, -0.1) is 0 Å². The van der Waals surface area contributed by atoms with E-state index in [2.05, 4.69) is 20.8 Å². The molecule has 1 saturated heterocycles. The summed E-state index contributed by atoms with van der Waals surface area (Å²) in [7, 11) is 0. The molecule has 116 valence electrons. The van der Waals surface area contributed by atoms with Crippen LogP contribution >= 0.6 is 15.9 Å². The molecule has 1 aliphatic rings. The minimum atomic E-state index is -0.703. The van der Waals surface area contributed by atoms with E-state index in [1.807, 2.05) is 4.90 Å². The Morgan fingerprint density at radius 1 is 1.29 bits per heavy atom. The van der Waals surface area contributed by atoms with Crippen LogP contribution in [-0.2, 0) is 0 Å². The highest BCUT2D eigenvalue weighted by Gasteiger charge is 2.25. The number of β-amino-alcohol motifs (C(OH)–C–C–N with tert-alkyl or cyclic N) is 1. The molecule has 0 unspecified atom stereocenters. The van der Waals surface area contributed by atoms with Gasteiger partial charge >= 0.3 is 0 Å². The summed E-state index contributed by atoms with van der Waals surface area (Å²) >= 11 is 3.36. The number of nitrogens with zero attached hydrogens (tertiary/aromatic N) is 2. The maximum atomic E-state index is 12.5. The summed E-state index contributed by atoms with van der Waals surface area (Å²) in [6, 6.07) is 5.27. The van der Waals surface area contributed by atoms with E-state index in [4.69, 9.17) is 5.73 Å².